The molecule has 35 heavy (non-hydrogen) atoms. The van der Waals surface area contributed by atoms with Crippen LogP contribution < -0.4 is 5.32 Å². The van der Waals surface area contributed by atoms with Crippen LogP contribution in [0.15, 0.2) is 18.2 Å². The summed E-state index contributed by atoms with van der Waals surface area (Å²) < 4.78 is 15.2. The summed E-state index contributed by atoms with van der Waals surface area (Å²) in [6.45, 7) is 8.51. The Balaban J connectivity index is 1.43. The molecule has 3 fully saturated rings. The van der Waals surface area contributed by atoms with E-state index in [1.807, 2.05) is 31.7 Å². The van der Waals surface area contributed by atoms with Gasteiger partial charge in [-0.2, -0.15) is 0 Å². The fourth-order valence-electron chi connectivity index (χ4n) is 5.96. The Hall–Kier alpha value is -2.24. The van der Waals surface area contributed by atoms with Crippen LogP contribution in [0.4, 0.5) is 4.39 Å². The minimum absolute atomic E-state index is 0.00608. The number of likely N-dealkylation sites (tertiary alicyclic amines) is 1. The van der Waals surface area contributed by atoms with E-state index in [1.54, 1.807) is 6.07 Å². The highest BCUT2D eigenvalue weighted by Crippen LogP contribution is 2.48. The Morgan fingerprint density at radius 2 is 1.77 bits per heavy atom. The van der Waals surface area contributed by atoms with Crippen LogP contribution in [0.1, 0.15) is 107 Å². The van der Waals surface area contributed by atoms with Crippen molar-refractivity contribution < 1.29 is 18.8 Å². The van der Waals surface area contributed by atoms with Crippen molar-refractivity contribution in [1.82, 2.24) is 10.2 Å². The summed E-state index contributed by atoms with van der Waals surface area (Å²) in [5.74, 6) is -0.678. The molecule has 1 heterocycles. The lowest BCUT2D eigenvalue weighted by Crippen LogP contribution is -2.48. The molecule has 2 saturated carbocycles. The van der Waals surface area contributed by atoms with Crippen molar-refractivity contribution in [3.05, 3.63) is 35.1 Å². The van der Waals surface area contributed by atoms with Gasteiger partial charge in [-0.3, -0.25) is 14.4 Å². The summed E-state index contributed by atoms with van der Waals surface area (Å²) >= 11 is 0. The van der Waals surface area contributed by atoms with Gasteiger partial charge in [0.05, 0.1) is 11.6 Å². The number of rotatable bonds is 7. The quantitative estimate of drug-likeness (QED) is 0.546. The van der Waals surface area contributed by atoms with Crippen molar-refractivity contribution in [2.75, 3.05) is 6.54 Å². The second kappa shape index (κ2) is 10.4. The molecular formula is C29H41FN2O3. The van der Waals surface area contributed by atoms with E-state index in [-0.39, 0.29) is 46.5 Å². The van der Waals surface area contributed by atoms with Gasteiger partial charge < -0.3 is 10.2 Å². The van der Waals surface area contributed by atoms with Crippen LogP contribution in [-0.2, 0) is 9.59 Å². The molecule has 192 valence electrons. The maximum absolute atomic E-state index is 15.2. The van der Waals surface area contributed by atoms with E-state index < -0.39 is 17.8 Å². The number of amides is 2. The van der Waals surface area contributed by atoms with Gasteiger partial charge in [0.15, 0.2) is 5.78 Å². The molecule has 1 N–H and O–H groups in total. The standard InChI is InChI=1S/C29H41FN2O3/c1-18(2)26(33)25(20-8-6-5-7-9-20)31-27(34)23-11-10-21(17-24(23)30)22-12-15-32(19(3)16-22)28(35)29(4)13-14-29/h10-11,17-20,22,25H,5-9,12-16H2,1-4H3,(H,31,34). The van der Waals surface area contributed by atoms with Gasteiger partial charge in [0, 0.05) is 23.9 Å². The average molecular weight is 485 g/mol. The maximum atomic E-state index is 15.2. The summed E-state index contributed by atoms with van der Waals surface area (Å²) in [6, 6.07) is 4.44. The SMILES string of the molecule is CC(C)C(=O)C(NC(=O)c1ccc(C2CCN(C(=O)C3(C)CC3)C(C)C2)cc1F)C1CCCCC1. The number of benzene rings is 1. The molecule has 4 rings (SSSR count). The van der Waals surface area contributed by atoms with E-state index >= 15 is 4.39 Å². The van der Waals surface area contributed by atoms with Crippen LogP contribution in [-0.4, -0.2) is 41.1 Å². The Morgan fingerprint density at radius 1 is 1.09 bits per heavy atom. The van der Waals surface area contributed by atoms with Crippen molar-refractivity contribution in [2.45, 2.75) is 103 Å². The molecule has 5 nitrogen and oxygen atoms in total. The number of Topliss-reactive ketones (excluding diaryl/α,β-unsaturated/α-hetero) is 1. The number of hydrogen-bond acceptors (Lipinski definition) is 3. The lowest BCUT2D eigenvalue weighted by atomic mass is 9.80. The predicted octanol–water partition coefficient (Wildman–Crippen LogP) is 5.62. The molecule has 1 saturated heterocycles. The Bertz CT molecular complexity index is 965. The topological polar surface area (TPSA) is 66.5 Å². The summed E-state index contributed by atoms with van der Waals surface area (Å²) in [7, 11) is 0. The van der Waals surface area contributed by atoms with Gasteiger partial charge in [-0.15, -0.1) is 0 Å². The van der Waals surface area contributed by atoms with Crippen molar-refractivity contribution in [1.29, 1.82) is 0 Å². The van der Waals surface area contributed by atoms with E-state index in [0.29, 0.717) is 6.54 Å². The number of carbonyl (C=O) groups excluding carboxylic acids is 3. The second-order valence-electron chi connectivity index (χ2n) is 11.8. The predicted molar refractivity (Wildman–Crippen MR) is 135 cm³/mol. The Kier molecular flexibility index (Phi) is 7.68. The minimum Gasteiger partial charge on any atom is -0.342 e. The van der Waals surface area contributed by atoms with Crippen molar-refractivity contribution in [2.24, 2.45) is 17.3 Å². The van der Waals surface area contributed by atoms with E-state index in [1.165, 1.54) is 6.07 Å². The second-order valence-corrected chi connectivity index (χ2v) is 11.8. The molecule has 1 aromatic rings. The number of halogens is 1. The zero-order valence-electron chi connectivity index (χ0n) is 21.7. The van der Waals surface area contributed by atoms with Gasteiger partial charge in [0.2, 0.25) is 5.91 Å². The lowest BCUT2D eigenvalue weighted by Gasteiger charge is -2.39. The molecule has 3 aliphatic rings. The van der Waals surface area contributed by atoms with Gasteiger partial charge in [0.1, 0.15) is 5.82 Å². The largest absolute Gasteiger partial charge is 0.342 e. The normalized spacial score (nSPS) is 25.3. The average Bonchev–Trinajstić information content (AvgIpc) is 3.60. The minimum atomic E-state index is -0.557. The number of carbonyl (C=O) groups is 3. The maximum Gasteiger partial charge on any atom is 0.254 e. The zero-order valence-corrected chi connectivity index (χ0v) is 21.7. The van der Waals surface area contributed by atoms with Crippen molar-refractivity contribution >= 4 is 17.6 Å². The summed E-state index contributed by atoms with van der Waals surface area (Å²) in [4.78, 5) is 40.7. The van der Waals surface area contributed by atoms with Crippen LogP contribution in [0.3, 0.4) is 0 Å². The van der Waals surface area contributed by atoms with Crippen molar-refractivity contribution in [3.8, 4) is 0 Å². The van der Waals surface area contributed by atoms with Gasteiger partial charge in [-0.25, -0.2) is 4.39 Å². The van der Waals surface area contributed by atoms with Gasteiger partial charge in [0.25, 0.3) is 5.91 Å². The summed E-state index contributed by atoms with van der Waals surface area (Å²) in [5, 5.41) is 2.90. The first-order valence-electron chi connectivity index (χ1n) is 13.6. The molecule has 0 bridgehead atoms. The third kappa shape index (κ3) is 5.62. The molecule has 2 aliphatic carbocycles. The number of nitrogens with one attached hydrogen (secondary N) is 1. The zero-order chi connectivity index (χ0) is 25.3. The first-order chi connectivity index (χ1) is 16.6. The lowest BCUT2D eigenvalue weighted by molar-refractivity contribution is -0.140. The van der Waals surface area contributed by atoms with Crippen molar-refractivity contribution in [3.63, 3.8) is 0 Å². The number of piperidine rings is 1. The Morgan fingerprint density at radius 3 is 2.34 bits per heavy atom. The molecule has 3 atom stereocenters. The number of ketones is 1. The van der Waals surface area contributed by atoms with Crippen LogP contribution >= 0.6 is 0 Å². The highest BCUT2D eigenvalue weighted by atomic mass is 19.1. The molecular weight excluding hydrogens is 443 g/mol. The van der Waals surface area contributed by atoms with Crippen LogP contribution in [0.25, 0.3) is 0 Å². The molecule has 3 unspecified atom stereocenters. The molecule has 2 amide bonds. The van der Waals surface area contributed by atoms with Crippen LogP contribution in [0.5, 0.6) is 0 Å². The Labute approximate surface area is 209 Å². The van der Waals surface area contributed by atoms with Crippen LogP contribution in [0, 0.1) is 23.1 Å². The fourth-order valence-corrected chi connectivity index (χ4v) is 5.96. The molecule has 0 radical (unpaired) electrons. The van der Waals surface area contributed by atoms with Gasteiger partial charge in [-0.1, -0.05) is 46.1 Å². The third-order valence-electron chi connectivity index (χ3n) is 8.65. The van der Waals surface area contributed by atoms with Gasteiger partial charge in [-0.05, 0) is 75.0 Å². The number of nitrogens with zero attached hydrogens (tertiary/aromatic N) is 1. The molecule has 6 heteroatoms. The fraction of sp³-hybridized carbons (Fsp3) is 0.690. The third-order valence-corrected chi connectivity index (χ3v) is 8.65. The van der Waals surface area contributed by atoms with E-state index in [0.717, 1.165) is 63.4 Å². The first-order valence-corrected chi connectivity index (χ1v) is 13.6. The molecule has 1 aromatic carbocycles. The van der Waals surface area contributed by atoms with Gasteiger partial charge >= 0.3 is 0 Å². The van der Waals surface area contributed by atoms with E-state index in [9.17, 15) is 14.4 Å². The summed E-state index contributed by atoms with van der Waals surface area (Å²) in [5.41, 5.74) is 0.695. The monoisotopic (exact) mass is 484 g/mol. The highest BCUT2D eigenvalue weighted by molar-refractivity contribution is 5.98. The first kappa shape index (κ1) is 25.8. The molecule has 0 spiro atoms. The van der Waals surface area contributed by atoms with Crippen LogP contribution in [0.2, 0.25) is 0 Å². The summed E-state index contributed by atoms with van der Waals surface area (Å²) in [6.07, 6.45) is 8.65. The molecule has 0 aromatic heterocycles. The van der Waals surface area contributed by atoms with E-state index in [2.05, 4.69) is 12.2 Å². The highest BCUT2D eigenvalue weighted by Gasteiger charge is 2.48. The molecule has 1 aliphatic heterocycles. The van der Waals surface area contributed by atoms with E-state index in [4.69, 9.17) is 0 Å². The smallest absolute Gasteiger partial charge is 0.254 e. The number of hydrogen-bond donors (Lipinski definition) is 1.